The van der Waals surface area contributed by atoms with Crippen molar-refractivity contribution in [3.05, 3.63) is 17.7 Å². The molecule has 0 amide bonds. The van der Waals surface area contributed by atoms with Crippen molar-refractivity contribution < 1.29 is 14.2 Å². The second kappa shape index (κ2) is 7.76. The molecular formula is C15H23NO3S. The van der Waals surface area contributed by atoms with Gasteiger partial charge in [0.15, 0.2) is 11.5 Å². The molecule has 0 spiro atoms. The molecule has 4 nitrogen and oxygen atoms in total. The first kappa shape index (κ1) is 15.5. The number of fused-ring (bicyclic) bond motifs is 1. The van der Waals surface area contributed by atoms with E-state index in [4.69, 9.17) is 14.2 Å². The van der Waals surface area contributed by atoms with E-state index >= 15 is 0 Å². The number of rotatable bonds is 7. The molecule has 2 rings (SSSR count). The Kier molecular flexibility index (Phi) is 6.01. The lowest BCUT2D eigenvalue weighted by atomic mass is 10.1. The summed E-state index contributed by atoms with van der Waals surface area (Å²) in [6.07, 6.45) is 3.10. The van der Waals surface area contributed by atoms with Crippen molar-refractivity contribution in [3.8, 4) is 11.5 Å². The van der Waals surface area contributed by atoms with Crippen molar-refractivity contribution in [3.63, 3.8) is 0 Å². The summed E-state index contributed by atoms with van der Waals surface area (Å²) in [6, 6.07) is 4.60. The van der Waals surface area contributed by atoms with E-state index in [1.807, 2.05) is 0 Å². The maximum atomic E-state index is 5.65. The zero-order chi connectivity index (χ0) is 14.4. The van der Waals surface area contributed by atoms with Crippen LogP contribution in [0.15, 0.2) is 17.0 Å². The standard InChI is InChI=1S/C15H23NO3S/c1-11(4-5-17-2)16-10-12-8-13-14(9-15(12)20-3)19-7-6-18-13/h8-9,11,16H,4-7,10H2,1-3H3. The minimum atomic E-state index is 0.429. The minimum absolute atomic E-state index is 0.429. The van der Waals surface area contributed by atoms with E-state index in [1.165, 1.54) is 10.5 Å². The molecular weight excluding hydrogens is 274 g/mol. The third-order valence-electron chi connectivity index (χ3n) is 3.34. The van der Waals surface area contributed by atoms with Crippen LogP contribution in [0.25, 0.3) is 0 Å². The van der Waals surface area contributed by atoms with Gasteiger partial charge in [-0.3, -0.25) is 0 Å². The second-order valence-corrected chi connectivity index (χ2v) is 5.72. The molecule has 112 valence electrons. The average Bonchev–Trinajstić information content (AvgIpc) is 2.49. The molecule has 0 saturated carbocycles. The van der Waals surface area contributed by atoms with Crippen LogP contribution in [0.4, 0.5) is 0 Å². The van der Waals surface area contributed by atoms with E-state index in [1.54, 1.807) is 18.9 Å². The Morgan fingerprint density at radius 1 is 1.30 bits per heavy atom. The predicted octanol–water partition coefficient (Wildman–Crippen LogP) is 2.69. The fraction of sp³-hybridized carbons (Fsp3) is 0.600. The number of nitrogens with one attached hydrogen (secondary N) is 1. The van der Waals surface area contributed by atoms with E-state index < -0.39 is 0 Å². The summed E-state index contributed by atoms with van der Waals surface area (Å²) in [5, 5.41) is 3.53. The van der Waals surface area contributed by atoms with Crippen LogP contribution in [0.2, 0.25) is 0 Å². The monoisotopic (exact) mass is 297 g/mol. The van der Waals surface area contributed by atoms with Gasteiger partial charge in [0, 0.05) is 31.2 Å². The highest BCUT2D eigenvalue weighted by molar-refractivity contribution is 7.98. The molecule has 0 saturated heterocycles. The fourth-order valence-corrected chi connectivity index (χ4v) is 2.74. The molecule has 1 aromatic rings. The van der Waals surface area contributed by atoms with E-state index in [2.05, 4.69) is 30.6 Å². The number of hydrogen-bond acceptors (Lipinski definition) is 5. The Balaban J connectivity index is 2.02. The average molecular weight is 297 g/mol. The molecule has 1 atom stereocenters. The lowest BCUT2D eigenvalue weighted by molar-refractivity contribution is 0.170. The van der Waals surface area contributed by atoms with Gasteiger partial charge < -0.3 is 19.5 Å². The summed E-state index contributed by atoms with van der Waals surface area (Å²) in [7, 11) is 1.74. The molecule has 1 heterocycles. The third-order valence-corrected chi connectivity index (χ3v) is 4.16. The van der Waals surface area contributed by atoms with Crippen LogP contribution in [0.3, 0.4) is 0 Å². The number of benzene rings is 1. The van der Waals surface area contributed by atoms with Crippen molar-refractivity contribution in [2.24, 2.45) is 0 Å². The maximum Gasteiger partial charge on any atom is 0.162 e. The van der Waals surface area contributed by atoms with Gasteiger partial charge in [0.05, 0.1) is 0 Å². The molecule has 1 N–H and O–H groups in total. The van der Waals surface area contributed by atoms with Crippen LogP contribution in [0.1, 0.15) is 18.9 Å². The summed E-state index contributed by atoms with van der Waals surface area (Å²) in [5.41, 5.74) is 1.26. The van der Waals surface area contributed by atoms with Crippen LogP contribution in [0, 0.1) is 0 Å². The van der Waals surface area contributed by atoms with Gasteiger partial charge in [-0.05, 0) is 37.3 Å². The van der Waals surface area contributed by atoms with Crippen molar-refractivity contribution >= 4 is 11.8 Å². The van der Waals surface area contributed by atoms with Crippen LogP contribution in [-0.4, -0.2) is 39.2 Å². The summed E-state index contributed by atoms with van der Waals surface area (Å²) in [6.45, 7) is 5.05. The molecule has 0 radical (unpaired) electrons. The van der Waals surface area contributed by atoms with E-state index in [0.29, 0.717) is 19.3 Å². The van der Waals surface area contributed by atoms with Gasteiger partial charge >= 0.3 is 0 Å². The van der Waals surface area contributed by atoms with Crippen molar-refractivity contribution in [1.82, 2.24) is 5.32 Å². The SMILES string of the molecule is COCCC(C)NCc1cc2c(cc1SC)OCCO2. The Hall–Kier alpha value is -0.910. The number of hydrogen-bond donors (Lipinski definition) is 1. The van der Waals surface area contributed by atoms with Gasteiger partial charge in [-0.15, -0.1) is 11.8 Å². The molecule has 20 heavy (non-hydrogen) atoms. The summed E-state index contributed by atoms with van der Waals surface area (Å²) >= 11 is 1.74. The largest absolute Gasteiger partial charge is 0.486 e. The summed E-state index contributed by atoms with van der Waals surface area (Å²) < 4.78 is 16.4. The number of methoxy groups -OCH3 is 1. The van der Waals surface area contributed by atoms with Crippen molar-refractivity contribution in [2.45, 2.75) is 30.8 Å². The molecule has 1 aliphatic heterocycles. The highest BCUT2D eigenvalue weighted by Gasteiger charge is 2.15. The predicted molar refractivity (Wildman–Crippen MR) is 82.0 cm³/mol. The number of ether oxygens (including phenoxy) is 3. The molecule has 1 aliphatic rings. The van der Waals surface area contributed by atoms with Crippen LogP contribution >= 0.6 is 11.8 Å². The molecule has 5 heteroatoms. The first-order chi connectivity index (χ1) is 9.74. The zero-order valence-electron chi connectivity index (χ0n) is 12.4. The van der Waals surface area contributed by atoms with Gasteiger partial charge in [0.1, 0.15) is 13.2 Å². The minimum Gasteiger partial charge on any atom is -0.486 e. The van der Waals surface area contributed by atoms with Crippen LogP contribution < -0.4 is 14.8 Å². The molecule has 0 bridgehead atoms. The van der Waals surface area contributed by atoms with Crippen LogP contribution in [-0.2, 0) is 11.3 Å². The highest BCUT2D eigenvalue weighted by Crippen LogP contribution is 2.36. The Labute approximate surface area is 125 Å². The topological polar surface area (TPSA) is 39.7 Å². The Bertz CT molecular complexity index is 439. The fourth-order valence-electron chi connectivity index (χ4n) is 2.12. The smallest absolute Gasteiger partial charge is 0.162 e. The Morgan fingerprint density at radius 3 is 2.65 bits per heavy atom. The lowest BCUT2D eigenvalue weighted by Crippen LogP contribution is -2.27. The third kappa shape index (κ3) is 4.04. The number of thioether (sulfide) groups is 1. The lowest BCUT2D eigenvalue weighted by Gasteiger charge is -2.21. The highest BCUT2D eigenvalue weighted by atomic mass is 32.2. The Morgan fingerprint density at radius 2 is 2.00 bits per heavy atom. The van der Waals surface area contributed by atoms with Crippen molar-refractivity contribution in [2.75, 3.05) is 33.2 Å². The van der Waals surface area contributed by atoms with E-state index in [9.17, 15) is 0 Å². The van der Waals surface area contributed by atoms with Crippen LogP contribution in [0.5, 0.6) is 11.5 Å². The molecule has 0 aliphatic carbocycles. The first-order valence-corrected chi connectivity index (χ1v) is 8.16. The van der Waals surface area contributed by atoms with E-state index in [0.717, 1.165) is 31.1 Å². The van der Waals surface area contributed by atoms with Gasteiger partial charge in [-0.1, -0.05) is 0 Å². The quantitative estimate of drug-likeness (QED) is 0.784. The van der Waals surface area contributed by atoms with Gasteiger partial charge in [-0.25, -0.2) is 0 Å². The summed E-state index contributed by atoms with van der Waals surface area (Å²) in [5.74, 6) is 1.71. The summed E-state index contributed by atoms with van der Waals surface area (Å²) in [4.78, 5) is 1.24. The van der Waals surface area contributed by atoms with Gasteiger partial charge in [0.25, 0.3) is 0 Å². The molecule has 1 aromatic carbocycles. The molecule has 0 aromatic heterocycles. The van der Waals surface area contributed by atoms with E-state index in [-0.39, 0.29) is 0 Å². The second-order valence-electron chi connectivity index (χ2n) is 4.87. The zero-order valence-corrected chi connectivity index (χ0v) is 13.2. The van der Waals surface area contributed by atoms with Crippen molar-refractivity contribution in [1.29, 1.82) is 0 Å². The first-order valence-electron chi connectivity index (χ1n) is 6.93. The molecule has 1 unspecified atom stereocenters. The van der Waals surface area contributed by atoms with Gasteiger partial charge in [-0.2, -0.15) is 0 Å². The van der Waals surface area contributed by atoms with Gasteiger partial charge in [0.2, 0.25) is 0 Å². The maximum absolute atomic E-state index is 5.65. The molecule has 0 fully saturated rings. The normalized spacial score (nSPS) is 15.2.